The van der Waals surface area contributed by atoms with Crippen molar-refractivity contribution in [1.82, 2.24) is 15.5 Å². The Morgan fingerprint density at radius 2 is 2.12 bits per heavy atom. The largest absolute Gasteiger partial charge is 0.379 e. The molecule has 1 aliphatic heterocycles. The van der Waals surface area contributed by atoms with Crippen LogP contribution in [0.5, 0.6) is 0 Å². The number of nitrogens with one attached hydrogen (secondary N) is 2. The van der Waals surface area contributed by atoms with E-state index in [1.165, 1.54) is 43.6 Å². The molecule has 5 nitrogen and oxygen atoms in total. The van der Waals surface area contributed by atoms with Gasteiger partial charge in [0.15, 0.2) is 5.96 Å². The number of nitrogens with zero attached hydrogens (tertiary/aromatic N) is 2. The molecule has 146 valence electrons. The number of aliphatic imine (C=N–C) groups is 1. The second-order valence-corrected chi connectivity index (χ2v) is 8.63. The molecule has 2 N–H and O–H groups in total. The predicted molar refractivity (Wildman–Crippen MR) is 110 cm³/mol. The number of rotatable bonds is 9. The Morgan fingerprint density at radius 1 is 1.31 bits per heavy atom. The second kappa shape index (κ2) is 10.3. The normalized spacial score (nSPS) is 20.9. The third-order valence-electron chi connectivity index (χ3n) is 5.41. The Kier molecular flexibility index (Phi) is 7.77. The fraction of sp³-hybridized carbons (Fsp3) is 0.750. The molecule has 1 atom stereocenters. The van der Waals surface area contributed by atoms with Gasteiger partial charge in [-0.2, -0.15) is 0 Å². The molecule has 0 aromatic carbocycles. The van der Waals surface area contributed by atoms with Crippen LogP contribution >= 0.6 is 11.3 Å². The monoisotopic (exact) mass is 378 g/mol. The first-order chi connectivity index (χ1) is 12.8. The van der Waals surface area contributed by atoms with E-state index in [2.05, 4.69) is 45.0 Å². The van der Waals surface area contributed by atoms with Gasteiger partial charge in [-0.05, 0) is 62.1 Å². The van der Waals surface area contributed by atoms with Crippen LogP contribution < -0.4 is 10.6 Å². The average Bonchev–Trinajstić information content (AvgIpc) is 3.33. The summed E-state index contributed by atoms with van der Waals surface area (Å²) in [6.45, 7) is 8.09. The molecule has 2 heterocycles. The molecule has 2 aliphatic rings. The smallest absolute Gasteiger partial charge is 0.191 e. The van der Waals surface area contributed by atoms with Gasteiger partial charge in [-0.25, -0.2) is 0 Å². The molecule has 1 saturated carbocycles. The number of hydrogen-bond acceptors (Lipinski definition) is 4. The molecule has 1 unspecified atom stereocenters. The Morgan fingerprint density at radius 3 is 2.77 bits per heavy atom. The van der Waals surface area contributed by atoms with Gasteiger partial charge in [-0.1, -0.05) is 13.0 Å². The molecule has 1 saturated heterocycles. The molecule has 0 spiro atoms. The highest BCUT2D eigenvalue weighted by molar-refractivity contribution is 7.10. The third-order valence-corrected chi connectivity index (χ3v) is 6.38. The second-order valence-electron chi connectivity index (χ2n) is 7.65. The van der Waals surface area contributed by atoms with Gasteiger partial charge in [-0.15, -0.1) is 11.3 Å². The first-order valence-corrected chi connectivity index (χ1v) is 10.9. The van der Waals surface area contributed by atoms with Crippen molar-refractivity contribution in [2.45, 2.75) is 38.6 Å². The van der Waals surface area contributed by atoms with Crippen molar-refractivity contribution in [3.63, 3.8) is 0 Å². The van der Waals surface area contributed by atoms with Gasteiger partial charge in [0.05, 0.1) is 12.6 Å². The first-order valence-electron chi connectivity index (χ1n) is 10.1. The summed E-state index contributed by atoms with van der Waals surface area (Å²) in [5, 5.41) is 9.08. The van der Waals surface area contributed by atoms with Crippen LogP contribution in [0.3, 0.4) is 0 Å². The molecule has 2 fully saturated rings. The quantitative estimate of drug-likeness (QED) is 0.394. The zero-order valence-electron chi connectivity index (χ0n) is 16.2. The molecule has 0 radical (unpaired) electrons. The van der Waals surface area contributed by atoms with E-state index in [4.69, 9.17) is 4.74 Å². The van der Waals surface area contributed by atoms with Crippen LogP contribution in [0, 0.1) is 11.8 Å². The Hall–Kier alpha value is -1.11. The first kappa shape index (κ1) is 19.6. The summed E-state index contributed by atoms with van der Waals surface area (Å²) >= 11 is 1.86. The van der Waals surface area contributed by atoms with Crippen LogP contribution in [0.1, 0.15) is 43.5 Å². The summed E-state index contributed by atoms with van der Waals surface area (Å²) in [6, 6.07) is 4.84. The fourth-order valence-electron chi connectivity index (χ4n) is 3.42. The molecular weight excluding hydrogens is 344 g/mol. The van der Waals surface area contributed by atoms with Gasteiger partial charge in [-0.3, -0.25) is 9.89 Å². The summed E-state index contributed by atoms with van der Waals surface area (Å²) in [7, 11) is 1.84. The number of guanidine groups is 1. The summed E-state index contributed by atoms with van der Waals surface area (Å²) in [4.78, 5) is 8.44. The van der Waals surface area contributed by atoms with Crippen LogP contribution in [0.4, 0.5) is 0 Å². The van der Waals surface area contributed by atoms with Crippen LogP contribution in [0.25, 0.3) is 0 Å². The SMILES string of the molecule is CN=C(NCCOCC1CC1)NCC(c1cccs1)N1CCC(C)CC1. The minimum Gasteiger partial charge on any atom is -0.379 e. The van der Waals surface area contributed by atoms with E-state index < -0.39 is 0 Å². The van der Waals surface area contributed by atoms with Crippen molar-refractivity contribution in [1.29, 1.82) is 0 Å². The average molecular weight is 379 g/mol. The van der Waals surface area contributed by atoms with Crippen molar-refractivity contribution in [2.75, 3.05) is 46.4 Å². The van der Waals surface area contributed by atoms with Crippen LogP contribution in [0.2, 0.25) is 0 Å². The summed E-state index contributed by atoms with van der Waals surface area (Å²) < 4.78 is 5.69. The minimum atomic E-state index is 0.423. The van der Waals surface area contributed by atoms with Gasteiger partial charge in [0.25, 0.3) is 0 Å². The molecule has 0 amide bonds. The maximum absolute atomic E-state index is 5.69. The van der Waals surface area contributed by atoms with Crippen LogP contribution in [-0.4, -0.2) is 57.3 Å². The van der Waals surface area contributed by atoms with Crippen LogP contribution in [0.15, 0.2) is 22.5 Å². The molecule has 26 heavy (non-hydrogen) atoms. The summed E-state index contributed by atoms with van der Waals surface area (Å²) in [6.07, 6.45) is 5.28. The van der Waals surface area contributed by atoms with Gasteiger partial charge in [0.1, 0.15) is 0 Å². The van der Waals surface area contributed by atoms with E-state index in [-0.39, 0.29) is 0 Å². The molecule has 0 bridgehead atoms. The van der Waals surface area contributed by atoms with E-state index in [0.717, 1.165) is 44.1 Å². The van der Waals surface area contributed by atoms with E-state index in [9.17, 15) is 0 Å². The van der Waals surface area contributed by atoms with Crippen LogP contribution in [-0.2, 0) is 4.74 Å². The highest BCUT2D eigenvalue weighted by atomic mass is 32.1. The number of likely N-dealkylation sites (tertiary alicyclic amines) is 1. The van der Waals surface area contributed by atoms with Crippen molar-refractivity contribution < 1.29 is 4.74 Å². The fourth-order valence-corrected chi connectivity index (χ4v) is 4.28. The highest BCUT2D eigenvalue weighted by Crippen LogP contribution is 2.29. The Bertz CT molecular complexity index is 536. The lowest BCUT2D eigenvalue weighted by Crippen LogP contribution is -2.45. The van der Waals surface area contributed by atoms with E-state index in [1.807, 2.05) is 18.4 Å². The molecule has 1 aromatic heterocycles. The minimum absolute atomic E-state index is 0.423. The van der Waals surface area contributed by atoms with Gasteiger partial charge >= 0.3 is 0 Å². The van der Waals surface area contributed by atoms with Gasteiger partial charge < -0.3 is 15.4 Å². The number of thiophene rings is 1. The van der Waals surface area contributed by atoms with E-state index in [0.29, 0.717) is 6.04 Å². The molecule has 1 aliphatic carbocycles. The van der Waals surface area contributed by atoms with E-state index in [1.54, 1.807) is 0 Å². The van der Waals surface area contributed by atoms with Crippen molar-refractivity contribution in [3.8, 4) is 0 Å². The van der Waals surface area contributed by atoms with Crippen molar-refractivity contribution in [2.24, 2.45) is 16.8 Å². The number of hydrogen-bond donors (Lipinski definition) is 2. The number of ether oxygens (including phenoxy) is 1. The molecule has 1 aromatic rings. The van der Waals surface area contributed by atoms with Crippen molar-refractivity contribution >= 4 is 17.3 Å². The maximum atomic E-state index is 5.69. The zero-order valence-corrected chi connectivity index (χ0v) is 17.1. The van der Waals surface area contributed by atoms with Crippen molar-refractivity contribution in [3.05, 3.63) is 22.4 Å². The Balaban J connectivity index is 1.44. The topological polar surface area (TPSA) is 48.9 Å². The van der Waals surface area contributed by atoms with Gasteiger partial charge in [0, 0.05) is 31.6 Å². The lowest BCUT2D eigenvalue weighted by molar-refractivity contribution is 0.128. The maximum Gasteiger partial charge on any atom is 0.191 e. The number of piperidine rings is 1. The Labute approximate surface area is 162 Å². The van der Waals surface area contributed by atoms with E-state index >= 15 is 0 Å². The summed E-state index contributed by atoms with van der Waals surface area (Å²) in [5.41, 5.74) is 0. The lowest BCUT2D eigenvalue weighted by Gasteiger charge is -2.36. The molecular formula is C20H34N4OS. The lowest BCUT2D eigenvalue weighted by atomic mass is 9.97. The molecule has 3 rings (SSSR count). The van der Waals surface area contributed by atoms with Gasteiger partial charge in [0.2, 0.25) is 0 Å². The predicted octanol–water partition coefficient (Wildman–Crippen LogP) is 3.11. The summed E-state index contributed by atoms with van der Waals surface area (Å²) in [5.74, 6) is 2.55. The zero-order chi connectivity index (χ0) is 18.2. The third kappa shape index (κ3) is 6.25. The standard InChI is InChI=1S/C20H34N4OS/c1-16-7-10-24(11-8-16)18(19-4-3-13-26-19)14-23-20(21-2)22-9-12-25-15-17-5-6-17/h3-4,13,16-18H,5-12,14-15H2,1-2H3,(H2,21,22,23). The highest BCUT2D eigenvalue weighted by Gasteiger charge is 2.25. The molecule has 6 heteroatoms.